The van der Waals surface area contributed by atoms with E-state index in [2.05, 4.69) is 20.3 Å². The van der Waals surface area contributed by atoms with E-state index in [9.17, 15) is 14.0 Å². The highest BCUT2D eigenvalue weighted by Gasteiger charge is 2.29. The summed E-state index contributed by atoms with van der Waals surface area (Å²) in [7, 11) is 1.46. The van der Waals surface area contributed by atoms with Crippen molar-refractivity contribution in [3.8, 4) is 5.75 Å². The topological polar surface area (TPSA) is 122 Å². The normalized spacial score (nSPS) is 16.9. The van der Waals surface area contributed by atoms with Gasteiger partial charge in [-0.2, -0.15) is 0 Å². The Bertz CT molecular complexity index is 1880. The average molecular weight is 645 g/mol. The van der Waals surface area contributed by atoms with E-state index in [-0.39, 0.29) is 36.0 Å². The van der Waals surface area contributed by atoms with Crippen LogP contribution in [0.2, 0.25) is 0 Å². The number of anilines is 1. The van der Waals surface area contributed by atoms with Crippen molar-refractivity contribution >= 4 is 39.7 Å². The lowest BCUT2D eigenvalue weighted by atomic mass is 9.93. The number of amides is 2. The SMILES string of the molecule is COc1cc(F)cnc1N1CCN(C(=O)c2cc3c(C4=CCOC4)cc(C4=CCCN(C(=O)CCn5ccnn5)C4)c(F)c3[nH]2)CC1. The molecule has 0 atom stereocenters. The fraction of sp³-hybridized carbons (Fsp3) is 0.364. The van der Waals surface area contributed by atoms with Crippen molar-refractivity contribution in [2.45, 2.75) is 19.4 Å². The molecule has 0 spiro atoms. The van der Waals surface area contributed by atoms with Crippen molar-refractivity contribution in [2.24, 2.45) is 0 Å². The number of nitrogens with zero attached hydrogens (tertiary/aromatic N) is 7. The Morgan fingerprint density at radius 2 is 1.87 bits per heavy atom. The number of aromatic nitrogens is 5. The van der Waals surface area contributed by atoms with Gasteiger partial charge in [0.2, 0.25) is 5.91 Å². The molecule has 0 saturated carbocycles. The first-order valence-corrected chi connectivity index (χ1v) is 15.6. The molecule has 3 aliphatic heterocycles. The molecule has 1 aromatic carbocycles. The lowest BCUT2D eigenvalue weighted by Crippen LogP contribution is -2.49. The minimum atomic E-state index is -0.488. The second-order valence-electron chi connectivity index (χ2n) is 11.7. The van der Waals surface area contributed by atoms with Gasteiger partial charge in [0.05, 0.1) is 44.8 Å². The molecule has 1 saturated heterocycles. The minimum absolute atomic E-state index is 0.0405. The largest absolute Gasteiger partial charge is 0.493 e. The number of hydrogen-bond acceptors (Lipinski definition) is 8. The van der Waals surface area contributed by atoms with Gasteiger partial charge < -0.3 is 29.2 Å². The van der Waals surface area contributed by atoms with Gasteiger partial charge in [-0.3, -0.25) is 14.3 Å². The maximum Gasteiger partial charge on any atom is 0.270 e. The zero-order valence-corrected chi connectivity index (χ0v) is 25.9. The number of fused-ring (bicyclic) bond motifs is 1. The van der Waals surface area contributed by atoms with Crippen LogP contribution in [-0.2, 0) is 16.1 Å². The molecule has 7 rings (SSSR count). The van der Waals surface area contributed by atoms with Crippen LogP contribution >= 0.6 is 0 Å². The number of piperazine rings is 1. The van der Waals surface area contributed by atoms with Crippen LogP contribution in [0.4, 0.5) is 14.6 Å². The second-order valence-corrected chi connectivity index (χ2v) is 11.7. The van der Waals surface area contributed by atoms with Crippen molar-refractivity contribution in [1.29, 1.82) is 0 Å². The van der Waals surface area contributed by atoms with E-state index < -0.39 is 11.6 Å². The van der Waals surface area contributed by atoms with Gasteiger partial charge >= 0.3 is 0 Å². The number of halogens is 2. The number of aryl methyl sites for hydroxylation is 1. The molecule has 47 heavy (non-hydrogen) atoms. The third-order valence-electron chi connectivity index (χ3n) is 8.90. The summed E-state index contributed by atoms with van der Waals surface area (Å²) < 4.78 is 42.6. The zero-order chi connectivity index (χ0) is 32.5. The maximum absolute atomic E-state index is 16.4. The molecule has 0 unspecified atom stereocenters. The van der Waals surface area contributed by atoms with Gasteiger partial charge in [-0.1, -0.05) is 17.4 Å². The third kappa shape index (κ3) is 6.08. The van der Waals surface area contributed by atoms with Gasteiger partial charge in [0, 0.05) is 68.9 Å². The first-order chi connectivity index (χ1) is 22.9. The molecule has 0 radical (unpaired) electrons. The van der Waals surface area contributed by atoms with Crippen molar-refractivity contribution in [1.82, 2.24) is 34.8 Å². The lowest BCUT2D eigenvalue weighted by Gasteiger charge is -2.35. The number of benzene rings is 1. The molecule has 0 aliphatic carbocycles. The van der Waals surface area contributed by atoms with Gasteiger partial charge in [-0.05, 0) is 35.3 Å². The van der Waals surface area contributed by atoms with Crippen molar-refractivity contribution < 1.29 is 27.8 Å². The van der Waals surface area contributed by atoms with Crippen LogP contribution < -0.4 is 9.64 Å². The predicted molar refractivity (Wildman–Crippen MR) is 170 cm³/mol. The van der Waals surface area contributed by atoms with Gasteiger partial charge in [0.15, 0.2) is 17.4 Å². The van der Waals surface area contributed by atoms with Crippen LogP contribution in [0.1, 0.15) is 34.5 Å². The van der Waals surface area contributed by atoms with Gasteiger partial charge in [-0.25, -0.2) is 13.8 Å². The molecule has 14 heteroatoms. The summed E-state index contributed by atoms with van der Waals surface area (Å²) in [5, 5.41) is 8.30. The van der Waals surface area contributed by atoms with Gasteiger partial charge in [-0.15, -0.1) is 5.10 Å². The number of carbonyl (C=O) groups is 2. The number of carbonyl (C=O) groups excluding carboxylic acids is 2. The summed E-state index contributed by atoms with van der Waals surface area (Å²) in [4.78, 5) is 39.5. The lowest BCUT2D eigenvalue weighted by molar-refractivity contribution is -0.131. The smallest absolute Gasteiger partial charge is 0.270 e. The molecular formula is C33H34F2N8O4. The van der Waals surface area contributed by atoms with Crippen molar-refractivity contribution in [3.05, 3.63) is 77.4 Å². The number of methoxy groups -OCH3 is 1. The summed E-state index contributed by atoms with van der Waals surface area (Å²) >= 11 is 0. The number of ether oxygens (including phenoxy) is 2. The van der Waals surface area contributed by atoms with Crippen LogP contribution in [0, 0.1) is 11.6 Å². The molecule has 1 N–H and O–H groups in total. The number of H-pyrrole nitrogens is 1. The fourth-order valence-corrected chi connectivity index (χ4v) is 6.41. The molecule has 3 aliphatic rings. The van der Waals surface area contributed by atoms with Crippen LogP contribution in [0.15, 0.2) is 48.9 Å². The molecule has 6 heterocycles. The minimum Gasteiger partial charge on any atom is -0.493 e. The van der Waals surface area contributed by atoms with Gasteiger partial charge in [0.1, 0.15) is 11.5 Å². The molecule has 12 nitrogen and oxygen atoms in total. The van der Waals surface area contributed by atoms with E-state index in [1.165, 1.54) is 13.2 Å². The number of pyridine rings is 1. The van der Waals surface area contributed by atoms with Crippen LogP contribution in [0.25, 0.3) is 22.0 Å². The van der Waals surface area contributed by atoms with Crippen LogP contribution in [0.5, 0.6) is 5.75 Å². The average Bonchev–Trinajstić information content (AvgIpc) is 3.91. The van der Waals surface area contributed by atoms with E-state index in [0.717, 1.165) is 17.3 Å². The van der Waals surface area contributed by atoms with E-state index in [1.54, 1.807) is 32.9 Å². The quantitative estimate of drug-likeness (QED) is 0.310. The number of rotatable bonds is 8. The summed E-state index contributed by atoms with van der Waals surface area (Å²) in [6, 6.07) is 4.82. The van der Waals surface area contributed by atoms with E-state index in [4.69, 9.17) is 9.47 Å². The summed E-state index contributed by atoms with van der Waals surface area (Å²) in [5.41, 5.74) is 3.34. The molecule has 4 aromatic rings. The monoisotopic (exact) mass is 644 g/mol. The number of nitrogens with one attached hydrogen (secondary N) is 1. The predicted octanol–water partition coefficient (Wildman–Crippen LogP) is 3.52. The Morgan fingerprint density at radius 1 is 1.02 bits per heavy atom. The Kier molecular flexibility index (Phi) is 8.41. The van der Waals surface area contributed by atoms with Crippen LogP contribution in [-0.4, -0.2) is 106 Å². The standard InChI is InChI=1S/C33H34F2N8O4/c1-46-28-15-23(34)18-36-32(28)40-10-12-41(13-11-40)33(45)27-17-26-24(22-5-14-47-20-22)16-25(30(35)31(26)38-27)21-3-2-7-42(19-21)29(44)4-8-43-9-6-37-39-43/h3,5-6,9,15-18,38H,2,4,7-8,10-14,19-20H2,1H3. The summed E-state index contributed by atoms with van der Waals surface area (Å²) in [6.45, 7) is 3.80. The number of hydrogen-bond donors (Lipinski definition) is 1. The summed E-state index contributed by atoms with van der Waals surface area (Å²) in [6.07, 6.45) is 9.23. The Hall–Kier alpha value is -5.11. The van der Waals surface area contributed by atoms with E-state index in [1.807, 2.05) is 23.1 Å². The van der Waals surface area contributed by atoms with Crippen molar-refractivity contribution in [3.63, 3.8) is 0 Å². The Balaban J connectivity index is 1.13. The summed E-state index contributed by atoms with van der Waals surface area (Å²) in [5.74, 6) is -0.393. The highest BCUT2D eigenvalue weighted by atomic mass is 19.1. The second kappa shape index (κ2) is 12.9. The highest BCUT2D eigenvalue weighted by molar-refractivity contribution is 6.03. The fourth-order valence-electron chi connectivity index (χ4n) is 6.41. The van der Waals surface area contributed by atoms with Gasteiger partial charge in [0.25, 0.3) is 5.91 Å². The first-order valence-electron chi connectivity index (χ1n) is 15.6. The molecule has 244 valence electrons. The third-order valence-corrected chi connectivity index (χ3v) is 8.90. The first kappa shape index (κ1) is 30.5. The van der Waals surface area contributed by atoms with Crippen LogP contribution in [0.3, 0.4) is 0 Å². The Morgan fingerprint density at radius 3 is 2.62 bits per heavy atom. The maximum atomic E-state index is 16.4. The van der Waals surface area contributed by atoms with Crippen molar-refractivity contribution in [2.75, 3.05) is 64.5 Å². The molecule has 2 amide bonds. The number of aromatic amines is 1. The highest BCUT2D eigenvalue weighted by Crippen LogP contribution is 2.36. The molecule has 0 bridgehead atoms. The van der Waals surface area contributed by atoms with E-state index >= 15 is 4.39 Å². The molecular weight excluding hydrogens is 610 g/mol. The molecule has 3 aromatic heterocycles. The van der Waals surface area contributed by atoms with E-state index in [0.29, 0.717) is 87.0 Å². The Labute approximate surface area is 269 Å². The zero-order valence-electron chi connectivity index (χ0n) is 25.9. The molecule has 1 fully saturated rings.